The van der Waals surface area contributed by atoms with E-state index in [1.165, 1.54) is 12.1 Å². The maximum Gasteiger partial charge on any atom is 0.203 e. The molecule has 0 bridgehead atoms. The number of benzene rings is 2. The standard InChI is InChI=1S/C20H26FN3O3.HI/c1-22-20(24(2)13-14-7-6-8-16(21)11-14)23-12-15-9-10-17(25-3)19(27-5)18(15)26-4;/h6-11H,12-13H2,1-5H3,(H,22,23);1H. The second kappa shape index (κ2) is 11.6. The maximum atomic E-state index is 13.4. The van der Waals surface area contributed by atoms with Crippen LogP contribution < -0.4 is 19.5 Å². The summed E-state index contributed by atoms with van der Waals surface area (Å²) in [6, 6.07) is 10.3. The molecule has 2 aromatic carbocycles. The van der Waals surface area contributed by atoms with Crippen LogP contribution in [0, 0.1) is 5.82 Å². The molecule has 0 spiro atoms. The average Bonchev–Trinajstić information content (AvgIpc) is 2.67. The monoisotopic (exact) mass is 503 g/mol. The van der Waals surface area contributed by atoms with E-state index in [4.69, 9.17) is 14.2 Å². The summed E-state index contributed by atoms with van der Waals surface area (Å²) in [7, 11) is 8.34. The molecule has 2 aromatic rings. The number of nitrogens with zero attached hydrogens (tertiary/aromatic N) is 2. The van der Waals surface area contributed by atoms with Gasteiger partial charge in [-0.15, -0.1) is 24.0 Å². The highest BCUT2D eigenvalue weighted by atomic mass is 127. The molecule has 0 saturated carbocycles. The molecule has 0 aliphatic heterocycles. The fraction of sp³-hybridized carbons (Fsp3) is 0.350. The molecule has 0 radical (unpaired) electrons. The van der Waals surface area contributed by atoms with Gasteiger partial charge >= 0.3 is 0 Å². The molecule has 6 nitrogen and oxygen atoms in total. The Morgan fingerprint density at radius 3 is 2.36 bits per heavy atom. The van der Waals surface area contributed by atoms with E-state index < -0.39 is 0 Å². The van der Waals surface area contributed by atoms with Gasteiger partial charge in [-0.2, -0.15) is 0 Å². The van der Waals surface area contributed by atoms with Crippen molar-refractivity contribution in [2.75, 3.05) is 35.4 Å². The second-order valence-electron chi connectivity index (χ2n) is 5.88. The number of ether oxygens (including phenoxy) is 3. The summed E-state index contributed by atoms with van der Waals surface area (Å²) in [4.78, 5) is 6.21. The lowest BCUT2D eigenvalue weighted by atomic mass is 10.1. The highest BCUT2D eigenvalue weighted by Crippen LogP contribution is 2.39. The Balaban J connectivity index is 0.00000392. The van der Waals surface area contributed by atoms with Crippen LogP contribution in [0.4, 0.5) is 4.39 Å². The van der Waals surface area contributed by atoms with Crippen molar-refractivity contribution in [1.29, 1.82) is 0 Å². The number of hydrogen-bond acceptors (Lipinski definition) is 4. The minimum atomic E-state index is -0.251. The minimum absolute atomic E-state index is 0. The molecule has 8 heteroatoms. The van der Waals surface area contributed by atoms with Gasteiger partial charge in [0.05, 0.1) is 21.3 Å². The van der Waals surface area contributed by atoms with E-state index in [2.05, 4.69) is 10.3 Å². The first-order chi connectivity index (χ1) is 13.0. The Morgan fingerprint density at radius 2 is 1.79 bits per heavy atom. The van der Waals surface area contributed by atoms with Crippen LogP contribution in [0.3, 0.4) is 0 Å². The summed E-state index contributed by atoms with van der Waals surface area (Å²) in [5.41, 5.74) is 1.76. The lowest BCUT2D eigenvalue weighted by Crippen LogP contribution is -2.38. The van der Waals surface area contributed by atoms with Gasteiger partial charge in [0.2, 0.25) is 5.75 Å². The molecule has 0 aliphatic carbocycles. The number of guanidine groups is 1. The number of methoxy groups -OCH3 is 3. The molecule has 0 unspecified atom stereocenters. The predicted octanol–water partition coefficient (Wildman–Crippen LogP) is 3.68. The number of rotatable bonds is 7. The summed E-state index contributed by atoms with van der Waals surface area (Å²) >= 11 is 0. The zero-order valence-electron chi connectivity index (χ0n) is 16.8. The van der Waals surface area contributed by atoms with Gasteiger partial charge in [-0.3, -0.25) is 4.99 Å². The van der Waals surface area contributed by atoms with Crippen LogP contribution in [0.1, 0.15) is 11.1 Å². The summed E-state index contributed by atoms with van der Waals surface area (Å²) in [5, 5.41) is 3.29. The van der Waals surface area contributed by atoms with Crippen molar-refractivity contribution in [3.8, 4) is 17.2 Å². The zero-order valence-corrected chi connectivity index (χ0v) is 19.1. The van der Waals surface area contributed by atoms with Gasteiger partial charge in [0, 0.05) is 32.7 Å². The van der Waals surface area contributed by atoms with Gasteiger partial charge in [-0.05, 0) is 29.8 Å². The first-order valence-electron chi connectivity index (χ1n) is 8.48. The Labute approximate surface area is 182 Å². The van der Waals surface area contributed by atoms with Gasteiger partial charge < -0.3 is 24.4 Å². The smallest absolute Gasteiger partial charge is 0.203 e. The van der Waals surface area contributed by atoms with Crippen LogP contribution in [0.2, 0.25) is 0 Å². The Hall–Kier alpha value is -2.23. The number of nitrogens with one attached hydrogen (secondary N) is 1. The van der Waals surface area contributed by atoms with E-state index in [9.17, 15) is 4.39 Å². The lowest BCUT2D eigenvalue weighted by molar-refractivity contribution is 0.322. The fourth-order valence-electron chi connectivity index (χ4n) is 2.85. The van der Waals surface area contributed by atoms with Crippen molar-refractivity contribution >= 4 is 29.9 Å². The maximum absolute atomic E-state index is 13.4. The predicted molar refractivity (Wildman–Crippen MR) is 120 cm³/mol. The van der Waals surface area contributed by atoms with Gasteiger partial charge in [-0.25, -0.2) is 4.39 Å². The normalized spacial score (nSPS) is 10.7. The summed E-state index contributed by atoms with van der Waals surface area (Å²) in [6.45, 7) is 1.00. The fourth-order valence-corrected chi connectivity index (χ4v) is 2.85. The van der Waals surface area contributed by atoms with Crippen LogP contribution in [0.15, 0.2) is 41.4 Å². The molecule has 154 valence electrons. The van der Waals surface area contributed by atoms with Crippen molar-refractivity contribution in [2.45, 2.75) is 13.1 Å². The third kappa shape index (κ3) is 5.88. The Bertz CT molecular complexity index is 802. The van der Waals surface area contributed by atoms with Gasteiger partial charge in [0.25, 0.3) is 0 Å². The molecule has 0 aromatic heterocycles. The quantitative estimate of drug-likeness (QED) is 0.355. The molecule has 0 amide bonds. The van der Waals surface area contributed by atoms with Gasteiger partial charge in [0.1, 0.15) is 5.82 Å². The van der Waals surface area contributed by atoms with E-state index in [1.54, 1.807) is 34.4 Å². The molecule has 1 N–H and O–H groups in total. The van der Waals surface area contributed by atoms with E-state index in [1.807, 2.05) is 30.1 Å². The van der Waals surface area contributed by atoms with Crippen molar-refractivity contribution in [3.63, 3.8) is 0 Å². The topological polar surface area (TPSA) is 55.3 Å². The second-order valence-corrected chi connectivity index (χ2v) is 5.88. The van der Waals surface area contributed by atoms with E-state index in [0.29, 0.717) is 36.3 Å². The summed E-state index contributed by atoms with van der Waals surface area (Å²) < 4.78 is 29.6. The third-order valence-electron chi connectivity index (χ3n) is 4.10. The largest absolute Gasteiger partial charge is 0.493 e. The van der Waals surface area contributed by atoms with E-state index in [-0.39, 0.29) is 29.8 Å². The summed E-state index contributed by atoms with van der Waals surface area (Å²) in [6.07, 6.45) is 0. The summed E-state index contributed by atoms with van der Waals surface area (Å²) in [5.74, 6) is 2.18. The molecular formula is C20H27FIN3O3. The van der Waals surface area contributed by atoms with Gasteiger partial charge in [-0.1, -0.05) is 12.1 Å². The Kier molecular flexibility index (Phi) is 9.84. The van der Waals surface area contributed by atoms with Crippen LogP contribution >= 0.6 is 24.0 Å². The van der Waals surface area contributed by atoms with Crippen molar-refractivity contribution < 1.29 is 18.6 Å². The van der Waals surface area contributed by atoms with Crippen molar-refractivity contribution in [1.82, 2.24) is 10.2 Å². The number of aliphatic imine (C=N–C) groups is 1. The lowest BCUT2D eigenvalue weighted by Gasteiger charge is -2.23. The molecule has 28 heavy (non-hydrogen) atoms. The van der Waals surface area contributed by atoms with Crippen LogP contribution in [0.5, 0.6) is 17.2 Å². The molecular weight excluding hydrogens is 476 g/mol. The van der Waals surface area contributed by atoms with Crippen LogP contribution in [0.25, 0.3) is 0 Å². The SMILES string of the molecule is CN=C(NCc1ccc(OC)c(OC)c1OC)N(C)Cc1cccc(F)c1.I. The molecule has 0 saturated heterocycles. The van der Waals surface area contributed by atoms with E-state index in [0.717, 1.165) is 11.1 Å². The molecule has 0 aliphatic rings. The van der Waals surface area contributed by atoms with Gasteiger partial charge in [0.15, 0.2) is 17.5 Å². The molecule has 2 rings (SSSR count). The Morgan fingerprint density at radius 1 is 1.07 bits per heavy atom. The first kappa shape index (κ1) is 23.8. The van der Waals surface area contributed by atoms with Crippen molar-refractivity contribution in [3.05, 3.63) is 53.3 Å². The molecule has 0 fully saturated rings. The van der Waals surface area contributed by atoms with Crippen LogP contribution in [-0.4, -0.2) is 46.3 Å². The molecule has 0 atom stereocenters. The minimum Gasteiger partial charge on any atom is -0.493 e. The highest BCUT2D eigenvalue weighted by Gasteiger charge is 2.16. The number of halogens is 2. The van der Waals surface area contributed by atoms with Crippen LogP contribution in [-0.2, 0) is 13.1 Å². The first-order valence-corrected chi connectivity index (χ1v) is 8.48. The average molecular weight is 503 g/mol. The number of hydrogen-bond donors (Lipinski definition) is 1. The third-order valence-corrected chi connectivity index (χ3v) is 4.10. The van der Waals surface area contributed by atoms with Crippen molar-refractivity contribution in [2.24, 2.45) is 4.99 Å². The zero-order chi connectivity index (χ0) is 19.8. The highest BCUT2D eigenvalue weighted by molar-refractivity contribution is 14.0. The van der Waals surface area contributed by atoms with E-state index >= 15 is 0 Å². The molecule has 0 heterocycles.